The Hall–Kier alpha value is -1.78. The Kier molecular flexibility index (Phi) is 7.99. The lowest BCUT2D eigenvalue weighted by Gasteiger charge is -2.30. The van der Waals surface area contributed by atoms with Gasteiger partial charge in [0.1, 0.15) is 0 Å². The fourth-order valence-corrected chi connectivity index (χ4v) is 4.47. The highest BCUT2D eigenvalue weighted by Gasteiger charge is 2.15. The van der Waals surface area contributed by atoms with Crippen LogP contribution in [0.4, 0.5) is 0 Å². The van der Waals surface area contributed by atoms with Crippen LogP contribution in [0, 0.1) is 12.8 Å². The Labute approximate surface area is 173 Å². The molecule has 0 saturated carbocycles. The lowest BCUT2D eigenvalue weighted by Crippen LogP contribution is -2.32. The zero-order valence-corrected chi connectivity index (χ0v) is 17.9. The van der Waals surface area contributed by atoms with Crippen LogP contribution in [0.5, 0.6) is 0 Å². The highest BCUT2D eigenvalue weighted by atomic mass is 32.2. The maximum absolute atomic E-state index is 12.3. The van der Waals surface area contributed by atoms with E-state index in [1.165, 1.54) is 42.6 Å². The number of piperidine rings is 1. The van der Waals surface area contributed by atoms with E-state index in [4.69, 9.17) is 0 Å². The minimum atomic E-state index is 0.0230. The zero-order valence-electron chi connectivity index (χ0n) is 17.1. The first-order chi connectivity index (χ1) is 13.6. The topological polar surface area (TPSA) is 32.3 Å². The number of hydrogen-bond donors (Lipinski definition) is 1. The molecule has 2 aromatic carbocycles. The number of nitrogens with zero attached hydrogens (tertiary/aromatic N) is 1. The molecule has 2 aromatic rings. The van der Waals surface area contributed by atoms with E-state index in [1.807, 2.05) is 23.9 Å². The molecule has 28 heavy (non-hydrogen) atoms. The second-order valence-electron chi connectivity index (χ2n) is 7.89. The van der Waals surface area contributed by atoms with E-state index in [-0.39, 0.29) is 5.91 Å². The summed E-state index contributed by atoms with van der Waals surface area (Å²) in [4.78, 5) is 14.9. The van der Waals surface area contributed by atoms with Crippen LogP contribution in [0.15, 0.2) is 48.5 Å². The third-order valence-corrected chi connectivity index (χ3v) is 6.56. The van der Waals surface area contributed by atoms with Gasteiger partial charge in [0, 0.05) is 30.2 Å². The summed E-state index contributed by atoms with van der Waals surface area (Å²) in [5, 5.41) is 3.04. The zero-order chi connectivity index (χ0) is 19.8. The van der Waals surface area contributed by atoms with E-state index < -0.39 is 0 Å². The molecule has 1 heterocycles. The molecule has 4 heteroatoms. The molecule has 1 aliphatic rings. The number of rotatable bonds is 8. The van der Waals surface area contributed by atoms with Gasteiger partial charge in [-0.2, -0.15) is 11.8 Å². The lowest BCUT2D eigenvalue weighted by atomic mass is 9.99. The largest absolute Gasteiger partial charge is 0.351 e. The van der Waals surface area contributed by atoms with Gasteiger partial charge in [0.25, 0.3) is 5.91 Å². The monoisotopic (exact) mass is 396 g/mol. The first-order valence-electron chi connectivity index (χ1n) is 10.3. The van der Waals surface area contributed by atoms with Crippen molar-refractivity contribution >= 4 is 17.7 Å². The molecule has 0 spiro atoms. The molecule has 1 amide bonds. The summed E-state index contributed by atoms with van der Waals surface area (Å²) in [6.07, 6.45) is 2.59. The molecule has 3 rings (SSSR count). The first kappa shape index (κ1) is 20.9. The van der Waals surface area contributed by atoms with Crippen molar-refractivity contribution in [1.82, 2.24) is 10.2 Å². The summed E-state index contributed by atoms with van der Waals surface area (Å²) >= 11 is 1.86. The summed E-state index contributed by atoms with van der Waals surface area (Å²) in [6.45, 7) is 8.54. The first-order valence-corrected chi connectivity index (χ1v) is 11.5. The SMILES string of the molecule is Cc1ccccc1CSCCNC(=O)c1ccc(CN2CCC(C)CC2)cc1. The van der Waals surface area contributed by atoms with Crippen LogP contribution >= 0.6 is 11.8 Å². The minimum Gasteiger partial charge on any atom is -0.351 e. The van der Waals surface area contributed by atoms with Gasteiger partial charge in [0.05, 0.1) is 0 Å². The highest BCUT2D eigenvalue weighted by molar-refractivity contribution is 7.98. The summed E-state index contributed by atoms with van der Waals surface area (Å²) in [7, 11) is 0. The van der Waals surface area contributed by atoms with Crippen molar-refractivity contribution in [3.63, 3.8) is 0 Å². The van der Waals surface area contributed by atoms with Gasteiger partial charge in [-0.15, -0.1) is 0 Å². The van der Waals surface area contributed by atoms with E-state index in [1.54, 1.807) is 0 Å². The van der Waals surface area contributed by atoms with E-state index in [0.717, 1.165) is 29.5 Å². The molecule has 0 bridgehead atoms. The molecule has 150 valence electrons. The van der Waals surface area contributed by atoms with E-state index >= 15 is 0 Å². The van der Waals surface area contributed by atoms with Crippen LogP contribution < -0.4 is 5.32 Å². The van der Waals surface area contributed by atoms with Crippen molar-refractivity contribution in [2.45, 2.75) is 39.0 Å². The smallest absolute Gasteiger partial charge is 0.251 e. The number of hydrogen-bond acceptors (Lipinski definition) is 3. The van der Waals surface area contributed by atoms with Crippen LogP contribution in [-0.4, -0.2) is 36.2 Å². The summed E-state index contributed by atoms with van der Waals surface area (Å²) in [6, 6.07) is 16.6. The van der Waals surface area contributed by atoms with Crippen molar-refractivity contribution in [3.8, 4) is 0 Å². The molecular weight excluding hydrogens is 364 g/mol. The van der Waals surface area contributed by atoms with Gasteiger partial charge >= 0.3 is 0 Å². The number of benzene rings is 2. The number of carbonyl (C=O) groups is 1. The van der Waals surface area contributed by atoms with Gasteiger partial charge in [-0.05, 0) is 67.6 Å². The van der Waals surface area contributed by atoms with Crippen molar-refractivity contribution in [2.75, 3.05) is 25.4 Å². The summed E-state index contributed by atoms with van der Waals surface area (Å²) in [5.74, 6) is 2.80. The molecular formula is C24H32N2OS. The standard InChI is InChI=1S/C24H32N2OS/c1-19-11-14-26(15-12-19)17-21-7-9-22(10-8-21)24(27)25-13-16-28-18-23-6-4-3-5-20(23)2/h3-10,19H,11-18H2,1-2H3,(H,25,27). The van der Waals surface area contributed by atoms with Crippen LogP contribution in [0.1, 0.15) is 46.8 Å². The Morgan fingerprint density at radius 1 is 1.11 bits per heavy atom. The average molecular weight is 397 g/mol. The molecule has 0 atom stereocenters. The molecule has 1 N–H and O–H groups in total. The summed E-state index contributed by atoms with van der Waals surface area (Å²) in [5.41, 5.74) is 4.75. The van der Waals surface area contributed by atoms with E-state index in [0.29, 0.717) is 6.54 Å². The van der Waals surface area contributed by atoms with Crippen LogP contribution in [0.3, 0.4) is 0 Å². The van der Waals surface area contributed by atoms with Gasteiger partial charge in [0.2, 0.25) is 0 Å². The molecule has 0 aromatic heterocycles. The van der Waals surface area contributed by atoms with Gasteiger partial charge in [-0.25, -0.2) is 0 Å². The van der Waals surface area contributed by atoms with Gasteiger partial charge in [-0.1, -0.05) is 43.3 Å². The lowest BCUT2D eigenvalue weighted by molar-refractivity contribution is 0.0956. The number of nitrogens with one attached hydrogen (secondary N) is 1. The summed E-state index contributed by atoms with van der Waals surface area (Å²) < 4.78 is 0. The predicted molar refractivity (Wildman–Crippen MR) is 120 cm³/mol. The van der Waals surface area contributed by atoms with Gasteiger partial charge < -0.3 is 5.32 Å². The van der Waals surface area contributed by atoms with E-state index in [2.05, 4.69) is 60.5 Å². The van der Waals surface area contributed by atoms with Crippen molar-refractivity contribution in [2.24, 2.45) is 5.92 Å². The molecule has 0 aliphatic carbocycles. The third-order valence-electron chi connectivity index (χ3n) is 5.55. The Balaban J connectivity index is 1.37. The van der Waals surface area contributed by atoms with Crippen LogP contribution in [0.2, 0.25) is 0 Å². The maximum atomic E-state index is 12.3. The average Bonchev–Trinajstić information content (AvgIpc) is 2.71. The van der Waals surface area contributed by atoms with Gasteiger partial charge in [0.15, 0.2) is 0 Å². The van der Waals surface area contributed by atoms with E-state index in [9.17, 15) is 4.79 Å². The molecule has 1 fully saturated rings. The molecule has 3 nitrogen and oxygen atoms in total. The van der Waals surface area contributed by atoms with Crippen molar-refractivity contribution in [1.29, 1.82) is 0 Å². The number of amides is 1. The normalized spacial score (nSPS) is 15.5. The second kappa shape index (κ2) is 10.7. The van der Waals surface area contributed by atoms with Crippen molar-refractivity contribution in [3.05, 3.63) is 70.8 Å². The minimum absolute atomic E-state index is 0.0230. The fourth-order valence-electron chi connectivity index (χ4n) is 3.53. The number of thioether (sulfide) groups is 1. The highest BCUT2D eigenvalue weighted by Crippen LogP contribution is 2.18. The third kappa shape index (κ3) is 6.39. The Morgan fingerprint density at radius 2 is 1.82 bits per heavy atom. The van der Waals surface area contributed by atoms with Crippen molar-refractivity contribution < 1.29 is 4.79 Å². The molecule has 0 radical (unpaired) electrons. The fraction of sp³-hybridized carbons (Fsp3) is 0.458. The number of aryl methyl sites for hydroxylation is 1. The maximum Gasteiger partial charge on any atom is 0.251 e. The predicted octanol–water partition coefficient (Wildman–Crippen LogP) is 4.89. The number of carbonyl (C=O) groups excluding carboxylic acids is 1. The molecule has 0 unspecified atom stereocenters. The molecule has 1 saturated heterocycles. The quantitative estimate of drug-likeness (QED) is 0.645. The Morgan fingerprint density at radius 3 is 2.54 bits per heavy atom. The van der Waals surface area contributed by atoms with Gasteiger partial charge in [-0.3, -0.25) is 9.69 Å². The Bertz CT molecular complexity index is 751. The second-order valence-corrected chi connectivity index (χ2v) is 9.00. The number of likely N-dealkylation sites (tertiary alicyclic amines) is 1. The van der Waals surface area contributed by atoms with Crippen LogP contribution in [0.25, 0.3) is 0 Å². The van der Waals surface area contributed by atoms with Crippen LogP contribution in [-0.2, 0) is 12.3 Å². The molecule has 1 aliphatic heterocycles.